The van der Waals surface area contributed by atoms with E-state index >= 15 is 0 Å². The molecule has 0 heterocycles. The van der Waals surface area contributed by atoms with Crippen LogP contribution in [0.25, 0.3) is 0 Å². The highest BCUT2D eigenvalue weighted by Gasteiger charge is 2.23. The van der Waals surface area contributed by atoms with Gasteiger partial charge in [-0.05, 0) is 5.56 Å². The predicted octanol–water partition coefficient (Wildman–Crippen LogP) is -0.0501. The Morgan fingerprint density at radius 2 is 2.00 bits per heavy atom. The average molecular weight is 293 g/mol. The molecule has 1 aromatic carbocycles. The molecule has 2 amide bonds. The third kappa shape index (κ3) is 5.53. The predicted molar refractivity (Wildman–Crippen MR) is 80.8 cm³/mol. The molecule has 0 aromatic heterocycles. The lowest BCUT2D eigenvalue weighted by atomic mass is 9.98. The normalized spacial score (nSPS) is 11.8. The van der Waals surface area contributed by atoms with Crippen molar-refractivity contribution in [1.82, 2.24) is 10.2 Å². The summed E-state index contributed by atoms with van der Waals surface area (Å²) in [5, 5.41) is 2.68. The fourth-order valence-electron chi connectivity index (χ4n) is 1.97. The quantitative estimate of drug-likeness (QED) is 0.658. The lowest BCUT2D eigenvalue weighted by Crippen LogP contribution is -2.42. The summed E-state index contributed by atoms with van der Waals surface area (Å²) in [6, 6.07) is 9.34. The van der Waals surface area contributed by atoms with Crippen LogP contribution < -0.4 is 11.1 Å². The summed E-state index contributed by atoms with van der Waals surface area (Å²) in [6.45, 7) is 1.08. The second-order valence-electron chi connectivity index (χ2n) is 4.74. The molecule has 0 spiro atoms. The highest BCUT2D eigenvalue weighted by atomic mass is 16.5. The molecular weight excluding hydrogens is 270 g/mol. The van der Waals surface area contributed by atoms with Crippen LogP contribution in [-0.2, 0) is 14.3 Å². The van der Waals surface area contributed by atoms with Gasteiger partial charge in [0.1, 0.15) is 0 Å². The molecule has 0 aliphatic carbocycles. The van der Waals surface area contributed by atoms with Crippen LogP contribution in [0.15, 0.2) is 30.3 Å². The van der Waals surface area contributed by atoms with Crippen LogP contribution in [0, 0.1) is 0 Å². The highest BCUT2D eigenvalue weighted by molar-refractivity contribution is 5.88. The van der Waals surface area contributed by atoms with Crippen molar-refractivity contribution in [1.29, 1.82) is 0 Å². The van der Waals surface area contributed by atoms with Gasteiger partial charge >= 0.3 is 0 Å². The maximum atomic E-state index is 12.4. The fourth-order valence-corrected chi connectivity index (χ4v) is 1.97. The number of hydrogen-bond acceptors (Lipinski definition) is 4. The second-order valence-corrected chi connectivity index (χ2v) is 4.74. The highest BCUT2D eigenvalue weighted by Crippen LogP contribution is 2.16. The van der Waals surface area contributed by atoms with Gasteiger partial charge in [-0.25, -0.2) is 0 Å². The second kappa shape index (κ2) is 9.10. The molecule has 0 aliphatic heterocycles. The molecular formula is C15H23N3O3. The van der Waals surface area contributed by atoms with Gasteiger partial charge in [0, 0.05) is 27.2 Å². The molecule has 0 aliphatic rings. The van der Waals surface area contributed by atoms with Crippen molar-refractivity contribution in [2.24, 2.45) is 5.73 Å². The Kier molecular flexibility index (Phi) is 7.42. The van der Waals surface area contributed by atoms with E-state index in [9.17, 15) is 9.59 Å². The zero-order valence-corrected chi connectivity index (χ0v) is 12.5. The number of hydrogen-bond donors (Lipinski definition) is 2. The van der Waals surface area contributed by atoms with E-state index in [1.807, 2.05) is 30.3 Å². The van der Waals surface area contributed by atoms with Crippen molar-refractivity contribution >= 4 is 11.8 Å². The van der Waals surface area contributed by atoms with Gasteiger partial charge < -0.3 is 20.7 Å². The standard InChI is InChI=1S/C15H23N3O3/c1-18(11-14(19)17-8-9-21-2)15(20)13(10-16)12-6-4-3-5-7-12/h3-7,13H,8-11,16H2,1-2H3,(H,17,19). The van der Waals surface area contributed by atoms with Gasteiger partial charge in [0.2, 0.25) is 11.8 Å². The van der Waals surface area contributed by atoms with Crippen molar-refractivity contribution in [3.8, 4) is 0 Å². The van der Waals surface area contributed by atoms with Crippen LogP contribution in [0.1, 0.15) is 11.5 Å². The first-order valence-corrected chi connectivity index (χ1v) is 6.85. The van der Waals surface area contributed by atoms with Gasteiger partial charge in [0.15, 0.2) is 0 Å². The summed E-state index contributed by atoms with van der Waals surface area (Å²) in [5.41, 5.74) is 6.57. The van der Waals surface area contributed by atoms with Crippen molar-refractivity contribution < 1.29 is 14.3 Å². The van der Waals surface area contributed by atoms with E-state index in [2.05, 4.69) is 5.32 Å². The Morgan fingerprint density at radius 1 is 1.33 bits per heavy atom. The van der Waals surface area contributed by atoms with Gasteiger partial charge in [-0.1, -0.05) is 30.3 Å². The fraction of sp³-hybridized carbons (Fsp3) is 0.467. The molecule has 1 atom stereocenters. The minimum absolute atomic E-state index is 0.00583. The molecule has 21 heavy (non-hydrogen) atoms. The zero-order valence-electron chi connectivity index (χ0n) is 12.5. The molecule has 1 unspecified atom stereocenters. The number of likely N-dealkylation sites (N-methyl/N-ethyl adjacent to an activating group) is 1. The van der Waals surface area contributed by atoms with Gasteiger partial charge in [0.05, 0.1) is 19.1 Å². The van der Waals surface area contributed by atoms with E-state index in [1.54, 1.807) is 14.2 Å². The molecule has 6 heteroatoms. The maximum Gasteiger partial charge on any atom is 0.239 e. The van der Waals surface area contributed by atoms with Crippen molar-refractivity contribution in [3.05, 3.63) is 35.9 Å². The number of nitrogens with zero attached hydrogens (tertiary/aromatic N) is 1. The number of carbonyl (C=O) groups is 2. The smallest absolute Gasteiger partial charge is 0.239 e. The molecule has 3 N–H and O–H groups in total. The third-order valence-corrected chi connectivity index (χ3v) is 3.12. The molecule has 116 valence electrons. The number of methoxy groups -OCH3 is 1. The summed E-state index contributed by atoms with van der Waals surface area (Å²) in [7, 11) is 3.16. The number of amides is 2. The van der Waals surface area contributed by atoms with Gasteiger partial charge in [-0.3, -0.25) is 9.59 Å². The summed E-state index contributed by atoms with van der Waals surface area (Å²) in [6.07, 6.45) is 0. The summed E-state index contributed by atoms with van der Waals surface area (Å²) >= 11 is 0. The van der Waals surface area contributed by atoms with Crippen molar-refractivity contribution in [2.45, 2.75) is 5.92 Å². The molecule has 6 nitrogen and oxygen atoms in total. The molecule has 0 radical (unpaired) electrons. The molecule has 1 aromatic rings. The average Bonchev–Trinajstić information content (AvgIpc) is 2.49. The molecule has 0 saturated carbocycles. The Hall–Kier alpha value is -1.92. The molecule has 0 saturated heterocycles. The zero-order chi connectivity index (χ0) is 15.7. The summed E-state index contributed by atoms with van der Waals surface area (Å²) in [4.78, 5) is 25.5. The van der Waals surface area contributed by atoms with Crippen molar-refractivity contribution in [3.63, 3.8) is 0 Å². The van der Waals surface area contributed by atoms with Crippen LogP contribution in [0.3, 0.4) is 0 Å². The number of nitrogens with two attached hydrogens (primary N) is 1. The van der Waals surface area contributed by atoms with E-state index in [-0.39, 0.29) is 24.9 Å². The lowest BCUT2D eigenvalue weighted by Gasteiger charge is -2.22. The number of rotatable bonds is 8. The number of ether oxygens (including phenoxy) is 1. The van der Waals surface area contributed by atoms with Crippen LogP contribution >= 0.6 is 0 Å². The molecule has 0 fully saturated rings. The van der Waals surface area contributed by atoms with Gasteiger partial charge in [-0.2, -0.15) is 0 Å². The number of benzene rings is 1. The summed E-state index contributed by atoms with van der Waals surface area (Å²) in [5.74, 6) is -0.805. The van der Waals surface area contributed by atoms with E-state index in [0.29, 0.717) is 13.2 Å². The van der Waals surface area contributed by atoms with Gasteiger partial charge in [-0.15, -0.1) is 0 Å². The Morgan fingerprint density at radius 3 is 2.57 bits per heavy atom. The van der Waals surface area contributed by atoms with Crippen molar-refractivity contribution in [2.75, 3.05) is 40.4 Å². The van der Waals surface area contributed by atoms with Crippen LogP contribution in [0.4, 0.5) is 0 Å². The Labute approximate surface area is 125 Å². The number of nitrogens with one attached hydrogen (secondary N) is 1. The monoisotopic (exact) mass is 293 g/mol. The minimum Gasteiger partial charge on any atom is -0.383 e. The van der Waals surface area contributed by atoms with Crippen LogP contribution in [0.5, 0.6) is 0 Å². The largest absolute Gasteiger partial charge is 0.383 e. The van der Waals surface area contributed by atoms with E-state index in [1.165, 1.54) is 4.90 Å². The first kappa shape index (κ1) is 17.1. The molecule has 0 bridgehead atoms. The minimum atomic E-state index is -0.428. The van der Waals surface area contributed by atoms with E-state index in [4.69, 9.17) is 10.5 Å². The SMILES string of the molecule is COCCNC(=O)CN(C)C(=O)C(CN)c1ccccc1. The van der Waals surface area contributed by atoms with Gasteiger partial charge in [0.25, 0.3) is 0 Å². The Balaban J connectivity index is 2.58. The topological polar surface area (TPSA) is 84.7 Å². The number of carbonyl (C=O) groups excluding carboxylic acids is 2. The first-order chi connectivity index (χ1) is 10.1. The Bertz CT molecular complexity index is 451. The van der Waals surface area contributed by atoms with E-state index < -0.39 is 5.92 Å². The maximum absolute atomic E-state index is 12.4. The third-order valence-electron chi connectivity index (χ3n) is 3.12. The summed E-state index contributed by atoms with van der Waals surface area (Å²) < 4.78 is 4.85. The first-order valence-electron chi connectivity index (χ1n) is 6.85. The molecule has 1 rings (SSSR count). The van der Waals surface area contributed by atoms with Crippen LogP contribution in [-0.4, -0.2) is 57.1 Å². The van der Waals surface area contributed by atoms with E-state index in [0.717, 1.165) is 5.56 Å². The van der Waals surface area contributed by atoms with Crippen LogP contribution in [0.2, 0.25) is 0 Å². The lowest BCUT2D eigenvalue weighted by molar-refractivity contribution is -0.135.